The van der Waals surface area contributed by atoms with E-state index in [1.165, 1.54) is 26.2 Å². The van der Waals surface area contributed by atoms with Crippen molar-refractivity contribution in [3.8, 4) is 5.75 Å². The number of carboxylic acid groups (broad SMARTS) is 1. The lowest BCUT2D eigenvalue weighted by Gasteiger charge is -2.30. The van der Waals surface area contributed by atoms with Crippen LogP contribution in [0.2, 0.25) is 0 Å². The van der Waals surface area contributed by atoms with E-state index in [1.54, 1.807) is 12.1 Å². The number of sulfonamides is 1. The molecule has 24 heavy (non-hydrogen) atoms. The number of hydrogen-bond acceptors (Lipinski definition) is 5. The summed E-state index contributed by atoms with van der Waals surface area (Å²) in [5, 5.41) is 9.08. The van der Waals surface area contributed by atoms with Crippen LogP contribution in [0.5, 0.6) is 5.75 Å². The predicted molar refractivity (Wildman–Crippen MR) is 89.6 cm³/mol. The van der Waals surface area contributed by atoms with Crippen molar-refractivity contribution in [3.63, 3.8) is 0 Å². The number of piperidine rings is 1. The summed E-state index contributed by atoms with van der Waals surface area (Å²) in [5.74, 6) is -0.438. The van der Waals surface area contributed by atoms with Crippen molar-refractivity contribution in [2.45, 2.75) is 17.7 Å². The topological polar surface area (TPSA) is 87.2 Å². The highest BCUT2D eigenvalue weighted by molar-refractivity contribution is 7.89. The van der Waals surface area contributed by atoms with Crippen LogP contribution >= 0.6 is 0 Å². The number of nitrogens with zero attached hydrogens (tertiary/aromatic N) is 2. The molecule has 1 saturated heterocycles. The maximum Gasteiger partial charge on any atom is 0.307 e. The Morgan fingerprint density at radius 2 is 2.00 bits per heavy atom. The number of hydrogen-bond donors (Lipinski definition) is 1. The molecule has 1 aromatic carbocycles. The highest BCUT2D eigenvalue weighted by Crippen LogP contribution is 2.19. The maximum atomic E-state index is 12.0. The Morgan fingerprint density at radius 1 is 1.33 bits per heavy atom. The van der Waals surface area contributed by atoms with Gasteiger partial charge in [0.1, 0.15) is 12.4 Å². The van der Waals surface area contributed by atoms with Gasteiger partial charge in [-0.25, -0.2) is 12.7 Å². The molecule has 0 saturated carbocycles. The lowest BCUT2D eigenvalue weighted by atomic mass is 9.98. The number of carbonyl (C=O) groups is 1. The fourth-order valence-electron chi connectivity index (χ4n) is 2.67. The van der Waals surface area contributed by atoms with E-state index in [0.717, 1.165) is 23.7 Å². The molecular formula is C16H24N2O5S. The zero-order valence-electron chi connectivity index (χ0n) is 14.0. The van der Waals surface area contributed by atoms with Gasteiger partial charge in [0.2, 0.25) is 10.0 Å². The van der Waals surface area contributed by atoms with E-state index >= 15 is 0 Å². The van der Waals surface area contributed by atoms with Crippen LogP contribution in [0.3, 0.4) is 0 Å². The Labute approximate surface area is 142 Å². The SMILES string of the molecule is CN(C)S(=O)(=O)c1ccc(OCCN2CCCC(C(=O)O)C2)cc1. The molecule has 8 heteroatoms. The van der Waals surface area contributed by atoms with Crippen LogP contribution in [0.4, 0.5) is 0 Å². The van der Waals surface area contributed by atoms with Gasteiger partial charge in [-0.05, 0) is 43.7 Å². The van der Waals surface area contributed by atoms with E-state index in [4.69, 9.17) is 9.84 Å². The molecule has 0 amide bonds. The smallest absolute Gasteiger partial charge is 0.307 e. The number of benzene rings is 1. The lowest BCUT2D eigenvalue weighted by Crippen LogP contribution is -2.40. The molecule has 1 heterocycles. The van der Waals surface area contributed by atoms with Gasteiger partial charge in [0.05, 0.1) is 10.8 Å². The van der Waals surface area contributed by atoms with Crippen LogP contribution in [0, 0.1) is 5.92 Å². The summed E-state index contributed by atoms with van der Waals surface area (Å²) in [7, 11) is -0.454. The van der Waals surface area contributed by atoms with Crippen LogP contribution in [0.15, 0.2) is 29.2 Å². The van der Waals surface area contributed by atoms with E-state index in [0.29, 0.717) is 25.4 Å². The van der Waals surface area contributed by atoms with Crippen molar-refractivity contribution < 1.29 is 23.1 Å². The largest absolute Gasteiger partial charge is 0.492 e. The van der Waals surface area contributed by atoms with E-state index < -0.39 is 16.0 Å². The van der Waals surface area contributed by atoms with Gasteiger partial charge in [0, 0.05) is 27.2 Å². The first-order valence-corrected chi connectivity index (χ1v) is 9.35. The number of rotatable bonds is 7. The summed E-state index contributed by atoms with van der Waals surface area (Å²) in [4.78, 5) is 13.4. The van der Waals surface area contributed by atoms with Crippen LogP contribution in [0.1, 0.15) is 12.8 Å². The Hall–Kier alpha value is -1.64. The molecule has 0 bridgehead atoms. The highest BCUT2D eigenvalue weighted by atomic mass is 32.2. The second-order valence-electron chi connectivity index (χ2n) is 6.09. The van der Waals surface area contributed by atoms with Gasteiger partial charge in [0.25, 0.3) is 0 Å². The summed E-state index contributed by atoms with van der Waals surface area (Å²) >= 11 is 0. The van der Waals surface area contributed by atoms with Gasteiger partial charge in [-0.3, -0.25) is 9.69 Å². The predicted octanol–water partition coefficient (Wildman–Crippen LogP) is 1.11. The average molecular weight is 356 g/mol. The van der Waals surface area contributed by atoms with Gasteiger partial charge in [-0.15, -0.1) is 0 Å². The second kappa shape index (κ2) is 7.96. The molecule has 1 aromatic rings. The van der Waals surface area contributed by atoms with Crippen molar-refractivity contribution in [3.05, 3.63) is 24.3 Å². The van der Waals surface area contributed by atoms with Crippen molar-refractivity contribution in [2.75, 3.05) is 40.3 Å². The molecular weight excluding hydrogens is 332 g/mol. The average Bonchev–Trinajstić information content (AvgIpc) is 2.55. The first kappa shape index (κ1) is 18.7. The highest BCUT2D eigenvalue weighted by Gasteiger charge is 2.25. The van der Waals surface area contributed by atoms with Crippen LogP contribution in [-0.2, 0) is 14.8 Å². The molecule has 0 radical (unpaired) electrons. The van der Waals surface area contributed by atoms with Gasteiger partial charge < -0.3 is 9.84 Å². The number of ether oxygens (including phenoxy) is 1. The number of carboxylic acids is 1. The summed E-state index contributed by atoms with van der Waals surface area (Å²) in [5.41, 5.74) is 0. The van der Waals surface area contributed by atoms with Crippen molar-refractivity contribution in [1.29, 1.82) is 0 Å². The molecule has 7 nitrogen and oxygen atoms in total. The second-order valence-corrected chi connectivity index (χ2v) is 8.24. The zero-order chi connectivity index (χ0) is 17.7. The van der Waals surface area contributed by atoms with E-state index in [9.17, 15) is 13.2 Å². The van der Waals surface area contributed by atoms with E-state index in [1.807, 2.05) is 0 Å². The van der Waals surface area contributed by atoms with Crippen molar-refractivity contribution in [1.82, 2.24) is 9.21 Å². The van der Waals surface area contributed by atoms with Crippen molar-refractivity contribution in [2.24, 2.45) is 5.92 Å². The maximum absolute atomic E-state index is 12.0. The number of likely N-dealkylation sites (tertiary alicyclic amines) is 1. The molecule has 134 valence electrons. The number of aliphatic carboxylic acids is 1. The molecule has 1 N–H and O–H groups in total. The zero-order valence-corrected chi connectivity index (χ0v) is 14.8. The standard InChI is InChI=1S/C16H24N2O5S/c1-17(2)24(21,22)15-7-5-14(6-8-15)23-11-10-18-9-3-4-13(12-18)16(19)20/h5-8,13H,3-4,9-12H2,1-2H3,(H,19,20). The van der Waals surface area contributed by atoms with Gasteiger partial charge in [-0.1, -0.05) is 0 Å². The Kier molecular flexibility index (Phi) is 6.20. The fraction of sp³-hybridized carbons (Fsp3) is 0.562. The van der Waals surface area contributed by atoms with E-state index in [-0.39, 0.29) is 10.8 Å². The summed E-state index contributed by atoms with van der Waals surface area (Å²) in [6.07, 6.45) is 1.61. The van der Waals surface area contributed by atoms with Crippen LogP contribution in [0.25, 0.3) is 0 Å². The normalized spacial score (nSPS) is 19.4. The Balaban J connectivity index is 1.84. The Morgan fingerprint density at radius 3 is 2.58 bits per heavy atom. The molecule has 2 rings (SSSR count). The third kappa shape index (κ3) is 4.68. The van der Waals surface area contributed by atoms with Gasteiger partial charge in [0.15, 0.2) is 0 Å². The fourth-order valence-corrected chi connectivity index (χ4v) is 3.57. The molecule has 0 spiro atoms. The molecule has 1 unspecified atom stereocenters. The summed E-state index contributed by atoms with van der Waals surface area (Å²) in [6.45, 7) is 2.53. The minimum absolute atomic E-state index is 0.222. The quantitative estimate of drug-likeness (QED) is 0.788. The minimum Gasteiger partial charge on any atom is -0.492 e. The molecule has 1 fully saturated rings. The molecule has 1 atom stereocenters. The van der Waals surface area contributed by atoms with E-state index in [2.05, 4.69) is 4.90 Å². The molecule has 0 aromatic heterocycles. The molecule has 1 aliphatic rings. The van der Waals surface area contributed by atoms with Crippen LogP contribution in [-0.4, -0.2) is 69.0 Å². The third-order valence-electron chi connectivity index (χ3n) is 4.13. The van der Waals surface area contributed by atoms with Gasteiger partial charge >= 0.3 is 5.97 Å². The lowest BCUT2D eigenvalue weighted by molar-refractivity contribution is -0.143. The van der Waals surface area contributed by atoms with Crippen LogP contribution < -0.4 is 4.74 Å². The molecule has 1 aliphatic heterocycles. The Bertz CT molecular complexity index is 658. The van der Waals surface area contributed by atoms with Crippen molar-refractivity contribution >= 4 is 16.0 Å². The minimum atomic E-state index is -3.43. The van der Waals surface area contributed by atoms with Gasteiger partial charge in [-0.2, -0.15) is 0 Å². The third-order valence-corrected chi connectivity index (χ3v) is 5.96. The summed E-state index contributed by atoms with van der Waals surface area (Å²) < 4.78 is 30.8. The monoisotopic (exact) mass is 356 g/mol. The first-order valence-electron chi connectivity index (χ1n) is 7.91. The molecule has 0 aliphatic carbocycles. The first-order chi connectivity index (χ1) is 11.3. The summed E-state index contributed by atoms with van der Waals surface area (Å²) in [6, 6.07) is 6.30.